The van der Waals surface area contributed by atoms with Crippen LogP contribution in [0.25, 0.3) is 11.3 Å². The number of carbonyl (C=O) groups is 2. The first-order chi connectivity index (χ1) is 14.5. The molecule has 7 heteroatoms. The van der Waals surface area contributed by atoms with Crippen molar-refractivity contribution in [1.29, 1.82) is 0 Å². The molecule has 30 heavy (non-hydrogen) atoms. The first-order valence-corrected chi connectivity index (χ1v) is 10.4. The molecule has 0 radical (unpaired) electrons. The number of nitrogens with one attached hydrogen (secondary N) is 1. The number of carbonyl (C=O) groups excluding carboxylic acids is 1. The Bertz CT molecular complexity index is 1120. The largest absolute Gasteiger partial charge is 0.497 e. The maximum atomic E-state index is 12.9. The van der Waals surface area contributed by atoms with Gasteiger partial charge in [0, 0.05) is 27.8 Å². The van der Waals surface area contributed by atoms with Gasteiger partial charge in [-0.3, -0.25) is 9.59 Å². The molecule has 4 rings (SSSR count). The summed E-state index contributed by atoms with van der Waals surface area (Å²) in [6.45, 7) is -0.211. The lowest BCUT2D eigenvalue weighted by Crippen LogP contribution is -2.17. The molecule has 0 unspecified atom stereocenters. The molecule has 1 heterocycles. The summed E-state index contributed by atoms with van der Waals surface area (Å²) < 4.78 is 7.93. The van der Waals surface area contributed by atoms with E-state index >= 15 is 0 Å². The highest BCUT2D eigenvalue weighted by atomic mass is 79.9. The molecular weight excluding hydrogens is 448 g/mol. The molecule has 0 bridgehead atoms. The van der Waals surface area contributed by atoms with Gasteiger partial charge in [-0.05, 0) is 55.3 Å². The Balaban J connectivity index is 1.96. The fourth-order valence-corrected chi connectivity index (χ4v) is 4.36. The molecule has 0 aliphatic heterocycles. The topological polar surface area (TPSA) is 80.6 Å². The van der Waals surface area contributed by atoms with Crippen molar-refractivity contribution >= 4 is 39.1 Å². The van der Waals surface area contributed by atoms with Crippen molar-refractivity contribution in [2.75, 3.05) is 12.4 Å². The van der Waals surface area contributed by atoms with E-state index in [1.54, 1.807) is 11.7 Å². The van der Waals surface area contributed by atoms with Crippen LogP contribution in [-0.2, 0) is 17.8 Å². The van der Waals surface area contributed by atoms with Crippen molar-refractivity contribution in [3.63, 3.8) is 0 Å². The molecule has 6 nitrogen and oxygen atoms in total. The van der Waals surface area contributed by atoms with Crippen LogP contribution in [0.15, 0.2) is 53.0 Å². The maximum Gasteiger partial charge on any atom is 0.323 e. The van der Waals surface area contributed by atoms with Gasteiger partial charge in [-0.15, -0.1) is 0 Å². The zero-order chi connectivity index (χ0) is 21.3. The summed E-state index contributed by atoms with van der Waals surface area (Å²) in [4.78, 5) is 24.6. The molecule has 2 N–H and O–H groups in total. The van der Waals surface area contributed by atoms with Crippen LogP contribution in [0, 0.1) is 0 Å². The number of hydrogen-bond acceptors (Lipinski definition) is 4. The SMILES string of the molecule is COc1ccc(-c2c(Nc3cccc(Br)c3)c3c(n2CC(=O)O)CCCC3=O)cc1. The number of fused-ring (bicyclic) bond motifs is 1. The van der Waals surface area contributed by atoms with Gasteiger partial charge in [0.05, 0.1) is 24.1 Å². The Hall–Kier alpha value is -3.06. The van der Waals surface area contributed by atoms with Crippen molar-refractivity contribution in [1.82, 2.24) is 4.57 Å². The zero-order valence-electron chi connectivity index (χ0n) is 16.4. The number of Topliss-reactive ketones (excluding diaryl/α,β-unsaturated/α-hetero) is 1. The Labute approximate surface area is 182 Å². The highest BCUT2D eigenvalue weighted by Crippen LogP contribution is 2.42. The molecule has 0 amide bonds. The fraction of sp³-hybridized carbons (Fsp3) is 0.217. The lowest BCUT2D eigenvalue weighted by Gasteiger charge is -2.15. The smallest absolute Gasteiger partial charge is 0.323 e. The number of benzene rings is 2. The standard InChI is InChI=1S/C23H21BrN2O4/c1-30-17-10-8-14(9-11-17)23-22(25-16-5-2-4-15(24)12-16)21-18(6-3-7-19(21)27)26(23)13-20(28)29/h2,4-5,8-12,25H,3,6-7,13H2,1H3,(H,28,29). The predicted octanol–water partition coefficient (Wildman–Crippen LogP) is 5.27. The lowest BCUT2D eigenvalue weighted by molar-refractivity contribution is -0.137. The fourth-order valence-electron chi connectivity index (χ4n) is 3.96. The van der Waals surface area contributed by atoms with Crippen molar-refractivity contribution in [3.05, 3.63) is 64.3 Å². The molecule has 1 aromatic heterocycles. The predicted molar refractivity (Wildman–Crippen MR) is 119 cm³/mol. The van der Waals surface area contributed by atoms with Gasteiger partial charge in [0.25, 0.3) is 0 Å². The van der Waals surface area contributed by atoms with E-state index in [0.29, 0.717) is 42.0 Å². The quantitative estimate of drug-likeness (QED) is 0.514. The third kappa shape index (κ3) is 3.85. The van der Waals surface area contributed by atoms with E-state index in [9.17, 15) is 14.7 Å². The summed E-state index contributed by atoms with van der Waals surface area (Å²) in [5, 5.41) is 13.0. The monoisotopic (exact) mass is 468 g/mol. The summed E-state index contributed by atoms with van der Waals surface area (Å²) >= 11 is 3.48. The average molecular weight is 469 g/mol. The van der Waals surface area contributed by atoms with Gasteiger partial charge < -0.3 is 19.7 Å². The molecule has 154 valence electrons. The number of hydrogen-bond donors (Lipinski definition) is 2. The number of nitrogens with zero attached hydrogens (tertiary/aromatic N) is 1. The van der Waals surface area contributed by atoms with Gasteiger partial charge in [0.15, 0.2) is 5.78 Å². The number of aliphatic carboxylic acids is 1. The summed E-state index contributed by atoms with van der Waals surface area (Å²) in [5.41, 5.74) is 4.34. The van der Waals surface area contributed by atoms with Gasteiger partial charge in [-0.2, -0.15) is 0 Å². The third-order valence-electron chi connectivity index (χ3n) is 5.22. The summed E-state index contributed by atoms with van der Waals surface area (Å²) in [7, 11) is 1.60. The molecule has 0 saturated carbocycles. The van der Waals surface area contributed by atoms with Crippen LogP contribution in [0.1, 0.15) is 28.9 Å². The number of anilines is 2. The van der Waals surface area contributed by atoms with Crippen molar-refractivity contribution in [2.45, 2.75) is 25.8 Å². The molecule has 1 aliphatic rings. The minimum Gasteiger partial charge on any atom is -0.497 e. The number of ether oxygens (including phenoxy) is 1. The number of aromatic nitrogens is 1. The van der Waals surface area contributed by atoms with Crippen molar-refractivity contribution in [2.24, 2.45) is 0 Å². The van der Waals surface area contributed by atoms with Crippen LogP contribution in [0.3, 0.4) is 0 Å². The van der Waals surface area contributed by atoms with Crippen LogP contribution in [0.2, 0.25) is 0 Å². The van der Waals surface area contributed by atoms with Gasteiger partial charge in [-0.25, -0.2) is 0 Å². The Morgan fingerprint density at radius 2 is 1.97 bits per heavy atom. The normalized spacial score (nSPS) is 13.1. The van der Waals surface area contributed by atoms with Gasteiger partial charge in [0.2, 0.25) is 0 Å². The third-order valence-corrected chi connectivity index (χ3v) is 5.71. The molecule has 0 saturated heterocycles. The van der Waals surface area contributed by atoms with E-state index in [1.165, 1.54) is 0 Å². The second-order valence-corrected chi connectivity index (χ2v) is 8.08. The highest BCUT2D eigenvalue weighted by Gasteiger charge is 2.31. The van der Waals surface area contributed by atoms with Gasteiger partial charge in [-0.1, -0.05) is 22.0 Å². The summed E-state index contributed by atoms with van der Waals surface area (Å²) in [5.74, 6) is -0.209. The van der Waals surface area contributed by atoms with Crippen LogP contribution in [0.4, 0.5) is 11.4 Å². The van der Waals surface area contributed by atoms with Gasteiger partial charge in [0.1, 0.15) is 12.3 Å². The Kier molecular flexibility index (Phi) is 5.63. The van der Waals surface area contributed by atoms with E-state index in [4.69, 9.17) is 4.74 Å². The number of rotatable bonds is 6. The number of ketones is 1. The number of carboxylic acids is 1. The summed E-state index contributed by atoms with van der Waals surface area (Å²) in [6, 6.07) is 15.1. The molecule has 3 aromatic rings. The summed E-state index contributed by atoms with van der Waals surface area (Å²) in [6.07, 6.45) is 1.84. The Morgan fingerprint density at radius 3 is 2.63 bits per heavy atom. The minimum absolute atomic E-state index is 0.0349. The average Bonchev–Trinajstić information content (AvgIpc) is 3.02. The second kappa shape index (κ2) is 8.36. The van der Waals surface area contributed by atoms with E-state index in [0.717, 1.165) is 21.4 Å². The Morgan fingerprint density at radius 1 is 1.20 bits per heavy atom. The van der Waals surface area contributed by atoms with Gasteiger partial charge >= 0.3 is 5.97 Å². The van der Waals surface area contributed by atoms with E-state index in [-0.39, 0.29) is 12.3 Å². The van der Waals surface area contributed by atoms with Crippen molar-refractivity contribution < 1.29 is 19.4 Å². The van der Waals surface area contributed by atoms with E-state index in [1.807, 2.05) is 48.5 Å². The van der Waals surface area contributed by atoms with E-state index < -0.39 is 5.97 Å². The first-order valence-electron chi connectivity index (χ1n) is 9.65. The molecule has 0 fully saturated rings. The van der Waals surface area contributed by atoms with Crippen LogP contribution >= 0.6 is 15.9 Å². The van der Waals surface area contributed by atoms with Crippen LogP contribution in [-0.4, -0.2) is 28.5 Å². The minimum atomic E-state index is -0.949. The van der Waals surface area contributed by atoms with Crippen LogP contribution in [0.5, 0.6) is 5.75 Å². The molecule has 2 aromatic carbocycles. The second-order valence-electron chi connectivity index (χ2n) is 7.17. The van der Waals surface area contributed by atoms with Crippen molar-refractivity contribution in [3.8, 4) is 17.0 Å². The van der Waals surface area contributed by atoms with E-state index in [2.05, 4.69) is 21.2 Å². The maximum absolute atomic E-state index is 12.9. The number of halogens is 1. The first kappa shape index (κ1) is 20.2. The molecule has 0 atom stereocenters. The number of methoxy groups -OCH3 is 1. The number of carboxylic acid groups (broad SMARTS) is 1. The molecule has 0 spiro atoms. The highest BCUT2D eigenvalue weighted by molar-refractivity contribution is 9.10. The molecular formula is C23H21BrN2O4. The zero-order valence-corrected chi connectivity index (χ0v) is 18.0. The van der Waals surface area contributed by atoms with Crippen LogP contribution < -0.4 is 10.1 Å². The molecule has 1 aliphatic carbocycles. The lowest BCUT2D eigenvalue weighted by atomic mass is 9.94.